The number of esters is 1. The number of benzene rings is 1. The van der Waals surface area contributed by atoms with Crippen LogP contribution in [0.25, 0.3) is 0 Å². The highest BCUT2D eigenvalue weighted by molar-refractivity contribution is 6.30. The van der Waals surface area contributed by atoms with Crippen molar-refractivity contribution in [3.63, 3.8) is 0 Å². The zero-order valence-electron chi connectivity index (χ0n) is 11.7. The van der Waals surface area contributed by atoms with E-state index < -0.39 is 23.8 Å². The second-order valence-corrected chi connectivity index (χ2v) is 4.93. The summed E-state index contributed by atoms with van der Waals surface area (Å²) >= 11 is 5.62. The second kappa shape index (κ2) is 6.57. The summed E-state index contributed by atoms with van der Waals surface area (Å²) in [5.74, 6) is -2.33. The molecule has 0 unspecified atom stereocenters. The number of hydrogen-bond acceptors (Lipinski definition) is 5. The van der Waals surface area contributed by atoms with E-state index in [1.807, 2.05) is 0 Å². The maximum atomic E-state index is 13.6. The van der Waals surface area contributed by atoms with Crippen molar-refractivity contribution in [1.29, 1.82) is 0 Å². The van der Waals surface area contributed by atoms with Crippen LogP contribution in [0.3, 0.4) is 0 Å². The maximum Gasteiger partial charge on any atom is 0.377 e. The molecule has 0 bridgehead atoms. The molecule has 8 heteroatoms. The molecule has 0 spiro atoms. The molecule has 1 aromatic heterocycles. The number of rotatable bonds is 4. The largest absolute Gasteiger partial charge is 0.447 e. The van der Waals surface area contributed by atoms with Gasteiger partial charge in [0, 0.05) is 11.1 Å². The average Bonchev–Trinajstić information content (AvgIpc) is 2.88. The van der Waals surface area contributed by atoms with Crippen LogP contribution in [0.1, 0.15) is 23.2 Å². The SMILES string of the molecule is Cc1cc(C(=O)O[C@@H](C)C(=O)Nc2ccc(Cl)cc2F)on1. The molecule has 0 fully saturated rings. The lowest BCUT2D eigenvalue weighted by atomic mass is 10.3. The zero-order valence-corrected chi connectivity index (χ0v) is 12.5. The third-order valence-electron chi connectivity index (χ3n) is 2.67. The highest BCUT2D eigenvalue weighted by atomic mass is 35.5. The number of aryl methyl sites for hydroxylation is 1. The standard InChI is InChI=1S/C14H12ClFN2O4/c1-7-5-12(22-18-7)14(20)21-8(2)13(19)17-11-4-3-9(15)6-10(11)16/h3-6,8H,1-2H3,(H,17,19)/t8-/m0/s1. The van der Waals surface area contributed by atoms with Crippen LogP contribution in [0.4, 0.5) is 10.1 Å². The molecule has 1 aromatic carbocycles. The Hall–Kier alpha value is -2.41. The molecule has 1 atom stereocenters. The normalized spacial score (nSPS) is 11.8. The maximum absolute atomic E-state index is 13.6. The first-order valence-corrected chi connectivity index (χ1v) is 6.65. The Morgan fingerprint density at radius 3 is 2.73 bits per heavy atom. The van der Waals surface area contributed by atoms with Crippen molar-refractivity contribution in [2.24, 2.45) is 0 Å². The number of carbonyl (C=O) groups is 2. The van der Waals surface area contributed by atoms with Crippen molar-refractivity contribution >= 4 is 29.2 Å². The lowest BCUT2D eigenvalue weighted by Gasteiger charge is -2.13. The van der Waals surface area contributed by atoms with Gasteiger partial charge in [0.25, 0.3) is 5.91 Å². The predicted molar refractivity (Wildman–Crippen MR) is 76.2 cm³/mol. The lowest BCUT2D eigenvalue weighted by molar-refractivity contribution is -0.123. The van der Waals surface area contributed by atoms with E-state index in [0.29, 0.717) is 5.69 Å². The molecule has 2 rings (SSSR count). The smallest absolute Gasteiger partial charge is 0.377 e. The Bertz CT molecular complexity index is 717. The van der Waals surface area contributed by atoms with E-state index in [0.717, 1.165) is 6.07 Å². The van der Waals surface area contributed by atoms with Gasteiger partial charge in [-0.25, -0.2) is 9.18 Å². The van der Waals surface area contributed by atoms with E-state index in [4.69, 9.17) is 20.9 Å². The molecule has 0 aliphatic carbocycles. The molecule has 0 radical (unpaired) electrons. The summed E-state index contributed by atoms with van der Waals surface area (Å²) in [7, 11) is 0. The quantitative estimate of drug-likeness (QED) is 0.873. The zero-order chi connectivity index (χ0) is 16.3. The Morgan fingerprint density at radius 2 is 2.14 bits per heavy atom. The van der Waals surface area contributed by atoms with Crippen molar-refractivity contribution in [3.8, 4) is 0 Å². The second-order valence-electron chi connectivity index (χ2n) is 4.49. The summed E-state index contributed by atoms with van der Waals surface area (Å²) in [5, 5.41) is 6.05. The molecular weight excluding hydrogens is 315 g/mol. The fourth-order valence-electron chi connectivity index (χ4n) is 1.56. The summed E-state index contributed by atoms with van der Waals surface area (Å²) in [5.41, 5.74) is 0.445. The van der Waals surface area contributed by atoms with Gasteiger partial charge in [-0.05, 0) is 32.0 Å². The number of anilines is 1. The van der Waals surface area contributed by atoms with Gasteiger partial charge in [-0.15, -0.1) is 0 Å². The summed E-state index contributed by atoms with van der Waals surface area (Å²) in [6.07, 6.45) is -1.15. The topological polar surface area (TPSA) is 81.4 Å². The minimum Gasteiger partial charge on any atom is -0.447 e. The minimum atomic E-state index is -1.15. The van der Waals surface area contributed by atoms with Gasteiger partial charge >= 0.3 is 5.97 Å². The van der Waals surface area contributed by atoms with Gasteiger partial charge in [0.1, 0.15) is 5.82 Å². The van der Waals surface area contributed by atoms with Crippen LogP contribution in [-0.2, 0) is 9.53 Å². The van der Waals surface area contributed by atoms with Crippen LogP contribution in [0.5, 0.6) is 0 Å². The molecular formula is C14H12ClFN2O4. The Morgan fingerprint density at radius 1 is 1.41 bits per heavy atom. The molecule has 6 nitrogen and oxygen atoms in total. The molecule has 0 saturated carbocycles. The van der Waals surface area contributed by atoms with Crippen LogP contribution in [0.2, 0.25) is 5.02 Å². The Kier molecular flexibility index (Phi) is 4.77. The molecule has 0 saturated heterocycles. The fourth-order valence-corrected chi connectivity index (χ4v) is 1.72. The number of hydrogen-bond donors (Lipinski definition) is 1. The van der Waals surface area contributed by atoms with Gasteiger partial charge in [0.15, 0.2) is 6.10 Å². The fraction of sp³-hybridized carbons (Fsp3) is 0.214. The van der Waals surface area contributed by atoms with Gasteiger partial charge in [-0.3, -0.25) is 4.79 Å². The van der Waals surface area contributed by atoms with E-state index in [1.54, 1.807) is 6.92 Å². The number of carbonyl (C=O) groups excluding carboxylic acids is 2. The predicted octanol–water partition coefficient (Wildman–Crippen LogP) is 2.96. The Balaban J connectivity index is 1.98. The molecule has 1 heterocycles. The third kappa shape index (κ3) is 3.82. The minimum absolute atomic E-state index is 0.0622. The average molecular weight is 327 g/mol. The molecule has 1 N–H and O–H groups in total. The number of halogens is 2. The van der Waals surface area contributed by atoms with Gasteiger partial charge in [-0.2, -0.15) is 0 Å². The summed E-state index contributed by atoms with van der Waals surface area (Å²) in [6, 6.07) is 5.18. The van der Waals surface area contributed by atoms with Crippen LogP contribution >= 0.6 is 11.6 Å². The van der Waals surface area contributed by atoms with E-state index in [2.05, 4.69) is 10.5 Å². The van der Waals surface area contributed by atoms with E-state index >= 15 is 0 Å². The number of aromatic nitrogens is 1. The first-order valence-electron chi connectivity index (χ1n) is 6.27. The molecule has 0 aliphatic heterocycles. The number of ether oxygens (including phenoxy) is 1. The molecule has 22 heavy (non-hydrogen) atoms. The van der Waals surface area contributed by atoms with Gasteiger partial charge < -0.3 is 14.6 Å². The van der Waals surface area contributed by atoms with Crippen molar-refractivity contribution in [2.45, 2.75) is 20.0 Å². The van der Waals surface area contributed by atoms with Crippen LogP contribution in [-0.4, -0.2) is 23.1 Å². The number of nitrogens with zero attached hydrogens (tertiary/aromatic N) is 1. The monoisotopic (exact) mass is 326 g/mol. The van der Waals surface area contributed by atoms with Crippen LogP contribution < -0.4 is 5.32 Å². The molecule has 1 amide bonds. The van der Waals surface area contributed by atoms with Crippen molar-refractivity contribution < 1.29 is 23.2 Å². The highest BCUT2D eigenvalue weighted by Crippen LogP contribution is 2.19. The molecule has 2 aromatic rings. The molecule has 0 aliphatic rings. The summed E-state index contributed by atoms with van der Waals surface area (Å²) in [4.78, 5) is 23.6. The van der Waals surface area contributed by atoms with E-state index in [-0.39, 0.29) is 16.5 Å². The van der Waals surface area contributed by atoms with Crippen LogP contribution in [0.15, 0.2) is 28.8 Å². The number of amides is 1. The number of nitrogens with one attached hydrogen (secondary N) is 1. The van der Waals surface area contributed by atoms with Crippen molar-refractivity contribution in [1.82, 2.24) is 5.16 Å². The van der Waals surface area contributed by atoms with Gasteiger partial charge in [-0.1, -0.05) is 16.8 Å². The Labute approximate surface area is 130 Å². The van der Waals surface area contributed by atoms with Crippen molar-refractivity contribution in [3.05, 3.63) is 46.6 Å². The summed E-state index contributed by atoms with van der Waals surface area (Å²) < 4.78 is 23.2. The lowest BCUT2D eigenvalue weighted by Crippen LogP contribution is -2.30. The highest BCUT2D eigenvalue weighted by Gasteiger charge is 2.22. The van der Waals surface area contributed by atoms with E-state index in [1.165, 1.54) is 25.1 Å². The first-order chi connectivity index (χ1) is 10.4. The third-order valence-corrected chi connectivity index (χ3v) is 2.91. The summed E-state index contributed by atoms with van der Waals surface area (Å²) in [6.45, 7) is 2.99. The molecule has 116 valence electrons. The van der Waals surface area contributed by atoms with Gasteiger partial charge in [0.05, 0.1) is 11.4 Å². The van der Waals surface area contributed by atoms with Crippen LogP contribution in [0, 0.1) is 12.7 Å². The van der Waals surface area contributed by atoms with Gasteiger partial charge in [0.2, 0.25) is 5.76 Å². The van der Waals surface area contributed by atoms with Crippen molar-refractivity contribution in [2.75, 3.05) is 5.32 Å². The first kappa shape index (κ1) is 16.0. The van der Waals surface area contributed by atoms with E-state index in [9.17, 15) is 14.0 Å².